The number of aryl methyl sites for hydroxylation is 1. The van der Waals surface area contributed by atoms with Gasteiger partial charge in [-0.1, -0.05) is 11.2 Å². The molecule has 2 heterocycles. The molecule has 0 amide bonds. The number of nitrogens with zero attached hydrogens (tertiary/aromatic N) is 3. The Balaban J connectivity index is 1.77. The van der Waals surface area contributed by atoms with Crippen molar-refractivity contribution in [2.24, 2.45) is 0 Å². The number of methoxy groups -OCH3 is 1. The summed E-state index contributed by atoms with van der Waals surface area (Å²) in [4.78, 5) is 7.58. The Morgan fingerprint density at radius 1 is 1.38 bits per heavy atom. The highest BCUT2D eigenvalue weighted by Gasteiger charge is 2.10. The van der Waals surface area contributed by atoms with Gasteiger partial charge in [0.1, 0.15) is 0 Å². The number of rotatable bonds is 10. The summed E-state index contributed by atoms with van der Waals surface area (Å²) in [5.41, 5.74) is 0. The largest absolute Gasteiger partial charge is 0.395 e. The molecule has 6 nitrogen and oxygen atoms in total. The molecule has 2 aromatic heterocycles. The summed E-state index contributed by atoms with van der Waals surface area (Å²) in [5, 5.41) is 15.0. The summed E-state index contributed by atoms with van der Waals surface area (Å²) in [6.45, 7) is 3.19. The van der Waals surface area contributed by atoms with Crippen molar-refractivity contribution in [3.8, 4) is 10.7 Å². The molecule has 2 rings (SSSR count). The third-order valence-corrected chi connectivity index (χ3v) is 3.97. The van der Waals surface area contributed by atoms with Gasteiger partial charge in [-0.15, -0.1) is 11.3 Å². The summed E-state index contributed by atoms with van der Waals surface area (Å²) < 4.78 is 10.3. The molecule has 0 aromatic carbocycles. The molecule has 0 aliphatic carbocycles. The summed E-state index contributed by atoms with van der Waals surface area (Å²) in [6.07, 6.45) is 1.66. The minimum atomic E-state index is 0.160. The third-order valence-electron chi connectivity index (χ3n) is 3.10. The minimum Gasteiger partial charge on any atom is -0.395 e. The van der Waals surface area contributed by atoms with Crippen LogP contribution in [0, 0.1) is 0 Å². The predicted octanol–water partition coefficient (Wildman–Crippen LogP) is 1.67. The molecular formula is C14H21N3O3S. The van der Waals surface area contributed by atoms with Crippen molar-refractivity contribution in [2.75, 3.05) is 40.0 Å². The first-order valence-corrected chi connectivity index (χ1v) is 7.90. The standard InChI is InChI=1S/C14H21N3O3S/c1-19-10-8-17(7-9-18)6-2-5-13-15-14(16-20-13)12-4-3-11-21-12/h3-4,11,18H,2,5-10H2,1H3. The van der Waals surface area contributed by atoms with E-state index in [0.29, 0.717) is 24.9 Å². The number of aromatic nitrogens is 2. The van der Waals surface area contributed by atoms with Gasteiger partial charge in [0.25, 0.3) is 0 Å². The highest BCUT2D eigenvalue weighted by Crippen LogP contribution is 2.21. The zero-order valence-electron chi connectivity index (χ0n) is 12.2. The lowest BCUT2D eigenvalue weighted by molar-refractivity contribution is 0.129. The van der Waals surface area contributed by atoms with E-state index in [1.807, 2.05) is 17.5 Å². The van der Waals surface area contributed by atoms with Gasteiger partial charge >= 0.3 is 0 Å². The molecule has 1 N–H and O–H groups in total. The van der Waals surface area contributed by atoms with Crippen LogP contribution in [0.5, 0.6) is 0 Å². The molecule has 0 aliphatic rings. The van der Waals surface area contributed by atoms with E-state index in [9.17, 15) is 0 Å². The molecule has 2 aromatic rings. The Morgan fingerprint density at radius 3 is 3.00 bits per heavy atom. The molecular weight excluding hydrogens is 290 g/mol. The fourth-order valence-corrected chi connectivity index (χ4v) is 2.66. The second-order valence-electron chi connectivity index (χ2n) is 4.65. The van der Waals surface area contributed by atoms with Gasteiger partial charge in [0, 0.05) is 26.6 Å². The van der Waals surface area contributed by atoms with Crippen molar-refractivity contribution in [3.63, 3.8) is 0 Å². The van der Waals surface area contributed by atoms with Crippen LogP contribution in [0.4, 0.5) is 0 Å². The van der Waals surface area contributed by atoms with E-state index in [2.05, 4.69) is 15.0 Å². The molecule has 0 saturated heterocycles. The van der Waals surface area contributed by atoms with E-state index >= 15 is 0 Å². The maximum Gasteiger partial charge on any atom is 0.227 e. The van der Waals surface area contributed by atoms with Crippen molar-refractivity contribution in [1.29, 1.82) is 0 Å². The van der Waals surface area contributed by atoms with Crippen LogP contribution in [-0.4, -0.2) is 60.1 Å². The highest BCUT2D eigenvalue weighted by molar-refractivity contribution is 7.13. The van der Waals surface area contributed by atoms with Gasteiger partial charge in [-0.05, 0) is 24.4 Å². The van der Waals surface area contributed by atoms with Crippen molar-refractivity contribution in [2.45, 2.75) is 12.8 Å². The van der Waals surface area contributed by atoms with Gasteiger partial charge in [-0.25, -0.2) is 0 Å². The van der Waals surface area contributed by atoms with Crippen LogP contribution in [0.25, 0.3) is 10.7 Å². The maximum atomic E-state index is 9.04. The van der Waals surface area contributed by atoms with Gasteiger partial charge in [0.2, 0.25) is 11.7 Å². The molecule has 0 aliphatic heterocycles. The smallest absolute Gasteiger partial charge is 0.227 e. The van der Waals surface area contributed by atoms with E-state index in [4.69, 9.17) is 14.4 Å². The van der Waals surface area contributed by atoms with Gasteiger partial charge in [0.05, 0.1) is 18.1 Å². The molecule has 116 valence electrons. The van der Waals surface area contributed by atoms with Crippen LogP contribution in [0.3, 0.4) is 0 Å². The summed E-state index contributed by atoms with van der Waals surface area (Å²) in [5.74, 6) is 1.32. The Bertz CT molecular complexity index is 501. The lowest BCUT2D eigenvalue weighted by Crippen LogP contribution is -2.31. The Kier molecular flexibility index (Phi) is 6.81. The van der Waals surface area contributed by atoms with Crippen LogP contribution >= 0.6 is 11.3 Å². The fourth-order valence-electron chi connectivity index (χ4n) is 2.01. The average molecular weight is 311 g/mol. The van der Waals surface area contributed by atoms with E-state index in [0.717, 1.165) is 30.8 Å². The minimum absolute atomic E-state index is 0.160. The Morgan fingerprint density at radius 2 is 2.29 bits per heavy atom. The maximum absolute atomic E-state index is 9.04. The van der Waals surface area contributed by atoms with Crippen LogP contribution in [0.15, 0.2) is 22.0 Å². The van der Waals surface area contributed by atoms with E-state index < -0.39 is 0 Å². The van der Waals surface area contributed by atoms with E-state index in [-0.39, 0.29) is 6.61 Å². The normalized spacial score (nSPS) is 11.4. The zero-order valence-corrected chi connectivity index (χ0v) is 13.0. The van der Waals surface area contributed by atoms with Gasteiger partial charge in [-0.3, -0.25) is 4.90 Å². The topological polar surface area (TPSA) is 71.6 Å². The molecule has 0 bridgehead atoms. The number of hydrogen-bond acceptors (Lipinski definition) is 7. The van der Waals surface area contributed by atoms with Crippen molar-refractivity contribution >= 4 is 11.3 Å². The van der Waals surface area contributed by atoms with Crippen LogP contribution in [0.2, 0.25) is 0 Å². The highest BCUT2D eigenvalue weighted by atomic mass is 32.1. The number of hydrogen-bond donors (Lipinski definition) is 1. The average Bonchev–Trinajstić information content (AvgIpc) is 3.15. The van der Waals surface area contributed by atoms with Crippen molar-refractivity contribution in [3.05, 3.63) is 23.4 Å². The number of aliphatic hydroxyl groups is 1. The molecule has 0 saturated carbocycles. The molecule has 0 radical (unpaired) electrons. The molecule has 7 heteroatoms. The first-order chi connectivity index (χ1) is 10.3. The van der Waals surface area contributed by atoms with Gasteiger partial charge < -0.3 is 14.4 Å². The zero-order chi connectivity index (χ0) is 14.9. The molecule has 0 fully saturated rings. The molecule has 21 heavy (non-hydrogen) atoms. The van der Waals surface area contributed by atoms with Gasteiger partial charge in [-0.2, -0.15) is 4.98 Å². The summed E-state index contributed by atoms with van der Waals surface area (Å²) >= 11 is 1.60. The van der Waals surface area contributed by atoms with Crippen LogP contribution < -0.4 is 0 Å². The van der Waals surface area contributed by atoms with Gasteiger partial charge in [0.15, 0.2) is 0 Å². The molecule has 0 spiro atoms. The second kappa shape index (κ2) is 8.89. The second-order valence-corrected chi connectivity index (χ2v) is 5.60. The molecule has 0 unspecified atom stereocenters. The van der Waals surface area contributed by atoms with Crippen LogP contribution in [0.1, 0.15) is 12.3 Å². The third kappa shape index (κ3) is 5.20. The lowest BCUT2D eigenvalue weighted by atomic mass is 10.3. The first-order valence-electron chi connectivity index (χ1n) is 7.02. The summed E-state index contributed by atoms with van der Waals surface area (Å²) in [6, 6.07) is 3.95. The first kappa shape index (κ1) is 16.1. The fraction of sp³-hybridized carbons (Fsp3) is 0.571. The summed E-state index contributed by atoms with van der Waals surface area (Å²) in [7, 11) is 1.68. The monoisotopic (exact) mass is 311 g/mol. The number of aliphatic hydroxyl groups excluding tert-OH is 1. The van der Waals surface area contributed by atoms with Crippen LogP contribution in [-0.2, 0) is 11.2 Å². The number of thiophene rings is 1. The Hall–Kier alpha value is -1.28. The van der Waals surface area contributed by atoms with E-state index in [1.54, 1.807) is 18.4 Å². The van der Waals surface area contributed by atoms with Crippen molar-refractivity contribution < 1.29 is 14.4 Å². The van der Waals surface area contributed by atoms with Crippen molar-refractivity contribution in [1.82, 2.24) is 15.0 Å². The van der Waals surface area contributed by atoms with E-state index in [1.165, 1.54) is 0 Å². The number of ether oxygens (including phenoxy) is 1. The Labute approximate surface area is 128 Å². The quantitative estimate of drug-likeness (QED) is 0.720. The SMILES string of the molecule is COCCN(CCO)CCCc1nc(-c2cccs2)no1. The predicted molar refractivity (Wildman–Crippen MR) is 81.3 cm³/mol. The molecule has 0 atom stereocenters. The lowest BCUT2D eigenvalue weighted by Gasteiger charge is -2.20.